The molecule has 1 amide bonds. The number of amides is 1. The molecule has 0 aliphatic carbocycles. The van der Waals surface area contributed by atoms with Crippen molar-refractivity contribution in [3.05, 3.63) is 53.1 Å². The predicted octanol–water partition coefficient (Wildman–Crippen LogP) is 4.16. The van der Waals surface area contributed by atoms with Crippen LogP contribution in [0.3, 0.4) is 0 Å². The summed E-state index contributed by atoms with van der Waals surface area (Å²) in [6.07, 6.45) is 1.69. The van der Waals surface area contributed by atoms with Crippen molar-refractivity contribution in [3.63, 3.8) is 0 Å². The smallest absolute Gasteiger partial charge is 0.257 e. The van der Waals surface area contributed by atoms with Gasteiger partial charge in [0.05, 0.1) is 21.6 Å². The minimum atomic E-state index is -3.63. The molecule has 2 aromatic rings. The summed E-state index contributed by atoms with van der Waals surface area (Å²) in [5.74, 6) is 0.148. The van der Waals surface area contributed by atoms with Gasteiger partial charge in [0, 0.05) is 24.8 Å². The van der Waals surface area contributed by atoms with Gasteiger partial charge < -0.3 is 10.1 Å². The first-order chi connectivity index (χ1) is 13.3. The van der Waals surface area contributed by atoms with Gasteiger partial charge in [-0.25, -0.2) is 8.42 Å². The van der Waals surface area contributed by atoms with Crippen molar-refractivity contribution in [1.29, 1.82) is 0 Å². The number of ether oxygens (including phenoxy) is 1. The van der Waals surface area contributed by atoms with E-state index in [2.05, 4.69) is 5.32 Å². The molecule has 0 radical (unpaired) electrons. The van der Waals surface area contributed by atoms with Crippen molar-refractivity contribution < 1.29 is 17.9 Å². The fourth-order valence-electron chi connectivity index (χ4n) is 3.03. The number of halogens is 1. The lowest BCUT2D eigenvalue weighted by Crippen LogP contribution is -2.28. The quantitative estimate of drug-likeness (QED) is 0.758. The Morgan fingerprint density at radius 1 is 1.14 bits per heavy atom. The number of carbonyl (C=O) groups is 1. The molecule has 1 saturated heterocycles. The van der Waals surface area contributed by atoms with E-state index in [1.54, 1.807) is 24.3 Å². The summed E-state index contributed by atoms with van der Waals surface area (Å²) in [7, 11) is -3.63. The number of nitrogens with zero attached hydrogens (tertiary/aromatic N) is 1. The number of nitrogens with one attached hydrogen (secondary N) is 1. The SMILES string of the molecule is CC(C)Oc1cccc(NC(=O)c2cc(S(=O)(=O)N3CCCC3)ccc2Cl)c1. The van der Waals surface area contributed by atoms with Crippen LogP contribution in [0.5, 0.6) is 5.75 Å². The first kappa shape index (κ1) is 20.6. The monoisotopic (exact) mass is 422 g/mol. The van der Waals surface area contributed by atoms with Gasteiger partial charge >= 0.3 is 0 Å². The zero-order valence-corrected chi connectivity index (χ0v) is 17.4. The number of hydrogen-bond donors (Lipinski definition) is 1. The molecule has 0 saturated carbocycles. The highest BCUT2D eigenvalue weighted by molar-refractivity contribution is 7.89. The van der Waals surface area contributed by atoms with Crippen LogP contribution in [-0.2, 0) is 10.0 Å². The number of carbonyl (C=O) groups excluding carboxylic acids is 1. The molecule has 2 aromatic carbocycles. The zero-order valence-electron chi connectivity index (χ0n) is 15.8. The third-order valence-electron chi connectivity index (χ3n) is 4.35. The normalized spacial score (nSPS) is 15.0. The lowest BCUT2D eigenvalue weighted by molar-refractivity contribution is 0.102. The Kier molecular flexibility index (Phi) is 6.27. The lowest BCUT2D eigenvalue weighted by atomic mass is 10.2. The zero-order chi connectivity index (χ0) is 20.3. The van der Waals surface area contributed by atoms with E-state index in [9.17, 15) is 13.2 Å². The molecule has 0 bridgehead atoms. The molecule has 1 heterocycles. The summed E-state index contributed by atoms with van der Waals surface area (Å²) in [5, 5.41) is 2.94. The summed E-state index contributed by atoms with van der Waals surface area (Å²) in [5.41, 5.74) is 0.643. The Bertz CT molecular complexity index is 970. The van der Waals surface area contributed by atoms with Crippen LogP contribution in [0, 0.1) is 0 Å². The van der Waals surface area contributed by atoms with E-state index in [-0.39, 0.29) is 21.6 Å². The van der Waals surface area contributed by atoms with E-state index in [4.69, 9.17) is 16.3 Å². The van der Waals surface area contributed by atoms with Crippen molar-refractivity contribution >= 4 is 33.2 Å². The van der Waals surface area contributed by atoms with Crippen LogP contribution in [0.2, 0.25) is 5.02 Å². The largest absolute Gasteiger partial charge is 0.491 e. The van der Waals surface area contributed by atoms with Gasteiger partial charge in [0.1, 0.15) is 5.75 Å². The molecule has 0 atom stereocenters. The van der Waals surface area contributed by atoms with Crippen LogP contribution >= 0.6 is 11.6 Å². The Labute approximate surface area is 170 Å². The molecule has 150 valence electrons. The van der Waals surface area contributed by atoms with Crippen LogP contribution in [-0.4, -0.2) is 37.8 Å². The second-order valence-electron chi connectivity index (χ2n) is 6.90. The van der Waals surface area contributed by atoms with Crippen molar-refractivity contribution in [1.82, 2.24) is 4.31 Å². The van der Waals surface area contributed by atoms with Crippen LogP contribution < -0.4 is 10.1 Å². The van der Waals surface area contributed by atoms with E-state index >= 15 is 0 Å². The number of anilines is 1. The fourth-order valence-corrected chi connectivity index (χ4v) is 4.78. The third kappa shape index (κ3) is 4.66. The molecule has 28 heavy (non-hydrogen) atoms. The molecule has 1 fully saturated rings. The van der Waals surface area contributed by atoms with Gasteiger partial charge in [-0.05, 0) is 57.0 Å². The highest BCUT2D eigenvalue weighted by atomic mass is 35.5. The average Bonchev–Trinajstić information content (AvgIpc) is 3.17. The Morgan fingerprint density at radius 2 is 1.86 bits per heavy atom. The van der Waals surface area contributed by atoms with Gasteiger partial charge in [-0.2, -0.15) is 4.31 Å². The van der Waals surface area contributed by atoms with Gasteiger partial charge in [0.15, 0.2) is 0 Å². The summed E-state index contributed by atoms with van der Waals surface area (Å²) >= 11 is 6.17. The lowest BCUT2D eigenvalue weighted by Gasteiger charge is -2.16. The topological polar surface area (TPSA) is 75.7 Å². The molecule has 8 heteroatoms. The Balaban J connectivity index is 1.84. The van der Waals surface area contributed by atoms with E-state index < -0.39 is 15.9 Å². The minimum Gasteiger partial charge on any atom is -0.491 e. The maximum Gasteiger partial charge on any atom is 0.257 e. The van der Waals surface area contributed by atoms with Gasteiger partial charge in [0.25, 0.3) is 5.91 Å². The molecular weight excluding hydrogens is 400 g/mol. The van der Waals surface area contributed by atoms with E-state index in [0.717, 1.165) is 12.8 Å². The summed E-state index contributed by atoms with van der Waals surface area (Å²) in [6.45, 7) is 4.82. The van der Waals surface area contributed by atoms with Crippen molar-refractivity contribution in [3.8, 4) is 5.75 Å². The van der Waals surface area contributed by atoms with Crippen LogP contribution in [0.1, 0.15) is 37.0 Å². The second-order valence-corrected chi connectivity index (χ2v) is 9.25. The molecule has 1 aliphatic heterocycles. The van der Waals surface area contributed by atoms with Crippen LogP contribution in [0.25, 0.3) is 0 Å². The molecule has 0 spiro atoms. The van der Waals surface area contributed by atoms with Gasteiger partial charge in [-0.1, -0.05) is 17.7 Å². The number of rotatable bonds is 6. The van der Waals surface area contributed by atoms with E-state index in [1.807, 2.05) is 13.8 Å². The second kappa shape index (κ2) is 8.51. The molecule has 0 unspecified atom stereocenters. The molecule has 1 aliphatic rings. The van der Waals surface area contributed by atoms with Crippen LogP contribution in [0.15, 0.2) is 47.4 Å². The molecule has 6 nitrogen and oxygen atoms in total. The van der Waals surface area contributed by atoms with Crippen molar-refractivity contribution in [2.75, 3.05) is 18.4 Å². The number of benzene rings is 2. The summed E-state index contributed by atoms with van der Waals surface area (Å²) in [4.78, 5) is 12.8. The number of sulfonamides is 1. The molecule has 0 aromatic heterocycles. The summed E-state index contributed by atoms with van der Waals surface area (Å²) in [6, 6.07) is 11.2. The Morgan fingerprint density at radius 3 is 2.54 bits per heavy atom. The van der Waals surface area contributed by atoms with Crippen molar-refractivity contribution in [2.45, 2.75) is 37.7 Å². The predicted molar refractivity (Wildman–Crippen MR) is 110 cm³/mol. The van der Waals surface area contributed by atoms with Crippen molar-refractivity contribution in [2.24, 2.45) is 0 Å². The molecule has 3 rings (SSSR count). The standard InChI is InChI=1S/C20H23ClN2O4S/c1-14(2)27-16-7-5-6-15(12-16)22-20(24)18-13-17(8-9-19(18)21)28(25,26)23-10-3-4-11-23/h5-9,12-14H,3-4,10-11H2,1-2H3,(H,22,24). The Hall–Kier alpha value is -2.09. The highest BCUT2D eigenvalue weighted by Gasteiger charge is 2.28. The average molecular weight is 423 g/mol. The van der Waals surface area contributed by atoms with Gasteiger partial charge in [-0.15, -0.1) is 0 Å². The van der Waals surface area contributed by atoms with Crippen LogP contribution in [0.4, 0.5) is 5.69 Å². The maximum atomic E-state index is 12.8. The molecular formula is C20H23ClN2O4S. The molecule has 1 N–H and O–H groups in total. The van der Waals surface area contributed by atoms with Gasteiger partial charge in [-0.3, -0.25) is 4.79 Å². The highest BCUT2D eigenvalue weighted by Crippen LogP contribution is 2.26. The first-order valence-corrected chi connectivity index (χ1v) is 11.0. The first-order valence-electron chi connectivity index (χ1n) is 9.15. The third-order valence-corrected chi connectivity index (χ3v) is 6.57. The summed E-state index contributed by atoms with van der Waals surface area (Å²) < 4.78 is 32.6. The maximum absolute atomic E-state index is 12.8. The minimum absolute atomic E-state index is 0.00729. The fraction of sp³-hybridized carbons (Fsp3) is 0.350. The van der Waals surface area contributed by atoms with E-state index in [0.29, 0.717) is 24.5 Å². The van der Waals surface area contributed by atoms with Gasteiger partial charge in [0.2, 0.25) is 10.0 Å². The number of hydrogen-bond acceptors (Lipinski definition) is 4. The van der Waals surface area contributed by atoms with E-state index in [1.165, 1.54) is 22.5 Å².